The van der Waals surface area contributed by atoms with Crippen LogP contribution < -0.4 is 14.8 Å². The van der Waals surface area contributed by atoms with Gasteiger partial charge < -0.3 is 14.8 Å². The van der Waals surface area contributed by atoms with Gasteiger partial charge in [0.15, 0.2) is 0 Å². The third-order valence-electron chi connectivity index (χ3n) is 3.78. The van der Waals surface area contributed by atoms with Crippen LogP contribution in [0.15, 0.2) is 54.6 Å². The highest BCUT2D eigenvalue weighted by atomic mass is 16.5. The zero-order valence-electron chi connectivity index (χ0n) is 13.9. The Morgan fingerprint density at radius 2 is 1.64 bits per heavy atom. The molecule has 2 aromatic carbocycles. The van der Waals surface area contributed by atoms with Crippen LogP contribution in [0.5, 0.6) is 11.5 Å². The summed E-state index contributed by atoms with van der Waals surface area (Å²) in [5.74, 6) is 0.612. The molecule has 1 aliphatic carbocycles. The summed E-state index contributed by atoms with van der Waals surface area (Å²) in [4.78, 5) is 23.7. The van der Waals surface area contributed by atoms with Gasteiger partial charge in [0.05, 0.1) is 7.11 Å². The van der Waals surface area contributed by atoms with Gasteiger partial charge in [-0.2, -0.15) is 0 Å². The van der Waals surface area contributed by atoms with Crippen molar-refractivity contribution in [1.82, 2.24) is 5.32 Å². The fourth-order valence-corrected chi connectivity index (χ4v) is 2.20. The van der Waals surface area contributed by atoms with E-state index in [0.29, 0.717) is 23.1 Å². The number of hydrogen-bond donors (Lipinski definition) is 1. The SMILES string of the molecule is COc1ccc(OC(=O)/C=C/c2ccc(C(=O)NC3CC3)cc2)cc1. The van der Waals surface area contributed by atoms with E-state index in [1.807, 2.05) is 0 Å². The van der Waals surface area contributed by atoms with Crippen LogP contribution in [0, 0.1) is 0 Å². The summed E-state index contributed by atoms with van der Waals surface area (Å²) in [6.07, 6.45) is 5.11. The molecule has 0 radical (unpaired) electrons. The minimum atomic E-state index is -0.472. The highest BCUT2D eigenvalue weighted by molar-refractivity contribution is 5.95. The maximum atomic E-state index is 11.9. The minimum absolute atomic E-state index is 0.0584. The maximum absolute atomic E-state index is 11.9. The second-order valence-electron chi connectivity index (χ2n) is 5.80. The van der Waals surface area contributed by atoms with E-state index in [9.17, 15) is 9.59 Å². The minimum Gasteiger partial charge on any atom is -0.497 e. The number of hydrogen-bond acceptors (Lipinski definition) is 4. The second kappa shape index (κ2) is 7.66. The summed E-state index contributed by atoms with van der Waals surface area (Å²) in [5.41, 5.74) is 1.43. The lowest BCUT2D eigenvalue weighted by atomic mass is 10.1. The Hall–Kier alpha value is -3.08. The lowest BCUT2D eigenvalue weighted by Gasteiger charge is -2.04. The Morgan fingerprint density at radius 3 is 2.24 bits per heavy atom. The number of esters is 1. The van der Waals surface area contributed by atoms with Crippen molar-refractivity contribution in [3.63, 3.8) is 0 Å². The maximum Gasteiger partial charge on any atom is 0.336 e. The average Bonchev–Trinajstić information content (AvgIpc) is 3.45. The highest BCUT2D eigenvalue weighted by Gasteiger charge is 2.23. The third kappa shape index (κ3) is 4.94. The fourth-order valence-electron chi connectivity index (χ4n) is 2.20. The molecule has 0 aliphatic heterocycles. The Morgan fingerprint density at radius 1 is 1.00 bits per heavy atom. The molecule has 1 fully saturated rings. The highest BCUT2D eigenvalue weighted by Crippen LogP contribution is 2.19. The lowest BCUT2D eigenvalue weighted by molar-refractivity contribution is -0.128. The first-order chi connectivity index (χ1) is 12.1. The van der Waals surface area contributed by atoms with Crippen LogP contribution >= 0.6 is 0 Å². The molecule has 1 N–H and O–H groups in total. The molecule has 1 saturated carbocycles. The van der Waals surface area contributed by atoms with Crippen LogP contribution in [-0.2, 0) is 4.79 Å². The standard InChI is InChI=1S/C20H19NO4/c1-24-17-9-11-18(12-10-17)25-19(22)13-4-14-2-5-15(6-3-14)20(23)21-16-7-8-16/h2-6,9-13,16H,7-8H2,1H3,(H,21,23)/b13-4+. The number of methoxy groups -OCH3 is 1. The van der Waals surface area contributed by atoms with E-state index in [4.69, 9.17) is 9.47 Å². The second-order valence-corrected chi connectivity index (χ2v) is 5.80. The molecule has 3 rings (SSSR count). The van der Waals surface area contributed by atoms with Gasteiger partial charge in [0.25, 0.3) is 5.91 Å². The van der Waals surface area contributed by atoms with Crippen LogP contribution in [-0.4, -0.2) is 25.0 Å². The molecule has 128 valence electrons. The summed E-state index contributed by atoms with van der Waals surface area (Å²) in [5, 5.41) is 2.94. The van der Waals surface area contributed by atoms with E-state index < -0.39 is 5.97 Å². The summed E-state index contributed by atoms with van der Waals surface area (Å²) >= 11 is 0. The molecule has 0 saturated heterocycles. The Kier molecular flexibility index (Phi) is 5.14. The van der Waals surface area contributed by atoms with E-state index in [2.05, 4.69) is 5.32 Å². The fraction of sp³-hybridized carbons (Fsp3) is 0.200. The quantitative estimate of drug-likeness (QED) is 0.499. The van der Waals surface area contributed by atoms with Crippen molar-refractivity contribution in [3.8, 4) is 11.5 Å². The van der Waals surface area contributed by atoms with Gasteiger partial charge in [-0.1, -0.05) is 12.1 Å². The number of rotatable bonds is 6. The van der Waals surface area contributed by atoms with Crippen LogP contribution in [0.1, 0.15) is 28.8 Å². The van der Waals surface area contributed by atoms with Gasteiger partial charge in [0.2, 0.25) is 0 Å². The predicted octanol–water partition coefficient (Wildman–Crippen LogP) is 3.21. The molecule has 1 amide bonds. The van der Waals surface area contributed by atoms with E-state index in [1.165, 1.54) is 6.08 Å². The molecule has 1 aliphatic rings. The number of carbonyl (C=O) groups is 2. The van der Waals surface area contributed by atoms with E-state index >= 15 is 0 Å². The summed E-state index contributed by atoms with van der Waals surface area (Å²) in [7, 11) is 1.57. The third-order valence-corrected chi connectivity index (χ3v) is 3.78. The zero-order valence-corrected chi connectivity index (χ0v) is 13.9. The van der Waals surface area contributed by atoms with E-state index in [0.717, 1.165) is 18.4 Å². The number of amides is 1. The first kappa shape index (κ1) is 16.8. The van der Waals surface area contributed by atoms with Gasteiger partial charge in [-0.3, -0.25) is 4.79 Å². The van der Waals surface area contributed by atoms with E-state index in [1.54, 1.807) is 61.7 Å². The molecule has 0 heterocycles. The molecule has 25 heavy (non-hydrogen) atoms. The predicted molar refractivity (Wildman–Crippen MR) is 94.6 cm³/mol. The molecule has 5 nitrogen and oxygen atoms in total. The Bertz CT molecular complexity index is 774. The summed E-state index contributed by atoms with van der Waals surface area (Å²) in [6, 6.07) is 14.2. The van der Waals surface area contributed by atoms with Crippen LogP contribution in [0.4, 0.5) is 0 Å². The number of carbonyl (C=O) groups excluding carboxylic acids is 2. The first-order valence-electron chi connectivity index (χ1n) is 8.09. The molecule has 0 spiro atoms. The van der Waals surface area contributed by atoms with Crippen molar-refractivity contribution in [2.45, 2.75) is 18.9 Å². The van der Waals surface area contributed by atoms with Gasteiger partial charge in [-0.05, 0) is 60.9 Å². The average molecular weight is 337 g/mol. The van der Waals surface area contributed by atoms with Crippen LogP contribution in [0.3, 0.4) is 0 Å². The number of nitrogens with one attached hydrogen (secondary N) is 1. The first-order valence-corrected chi connectivity index (χ1v) is 8.09. The summed E-state index contributed by atoms with van der Waals surface area (Å²) in [6.45, 7) is 0. The molecular formula is C20H19NO4. The molecule has 0 bridgehead atoms. The van der Waals surface area contributed by atoms with Crippen molar-refractivity contribution in [2.24, 2.45) is 0 Å². The van der Waals surface area contributed by atoms with Crippen molar-refractivity contribution in [3.05, 3.63) is 65.7 Å². The monoisotopic (exact) mass is 337 g/mol. The van der Waals surface area contributed by atoms with Crippen molar-refractivity contribution < 1.29 is 19.1 Å². The lowest BCUT2D eigenvalue weighted by Crippen LogP contribution is -2.25. The smallest absolute Gasteiger partial charge is 0.336 e. The number of ether oxygens (including phenoxy) is 2. The Balaban J connectivity index is 1.54. The van der Waals surface area contributed by atoms with Crippen molar-refractivity contribution in [1.29, 1.82) is 0 Å². The molecule has 0 atom stereocenters. The normalized spacial score (nSPS) is 13.5. The van der Waals surface area contributed by atoms with Gasteiger partial charge in [0.1, 0.15) is 11.5 Å². The zero-order chi connectivity index (χ0) is 17.6. The molecular weight excluding hydrogens is 318 g/mol. The van der Waals surface area contributed by atoms with Crippen LogP contribution in [0.2, 0.25) is 0 Å². The van der Waals surface area contributed by atoms with Gasteiger partial charge >= 0.3 is 5.97 Å². The van der Waals surface area contributed by atoms with Gasteiger partial charge in [0, 0.05) is 17.7 Å². The molecule has 0 unspecified atom stereocenters. The topological polar surface area (TPSA) is 64.6 Å². The van der Waals surface area contributed by atoms with Crippen LogP contribution in [0.25, 0.3) is 6.08 Å². The van der Waals surface area contributed by atoms with E-state index in [-0.39, 0.29) is 5.91 Å². The molecule has 0 aromatic heterocycles. The number of benzene rings is 2. The van der Waals surface area contributed by atoms with Crippen molar-refractivity contribution in [2.75, 3.05) is 7.11 Å². The Labute approximate surface area is 146 Å². The largest absolute Gasteiger partial charge is 0.497 e. The van der Waals surface area contributed by atoms with Gasteiger partial charge in [-0.15, -0.1) is 0 Å². The molecule has 2 aromatic rings. The van der Waals surface area contributed by atoms with Crippen molar-refractivity contribution >= 4 is 18.0 Å². The molecule has 5 heteroatoms. The summed E-state index contributed by atoms with van der Waals surface area (Å²) < 4.78 is 10.3. The van der Waals surface area contributed by atoms with Gasteiger partial charge in [-0.25, -0.2) is 4.79 Å².